The Kier molecular flexibility index (Phi) is 5.64. The number of amides is 1. The van der Waals surface area contributed by atoms with Crippen LogP contribution in [0.3, 0.4) is 0 Å². The smallest absolute Gasteiger partial charge is 0.335 e. The van der Waals surface area contributed by atoms with Crippen molar-refractivity contribution in [2.45, 2.75) is 19.3 Å². The number of anilines is 7. The third-order valence-electron chi connectivity index (χ3n) is 6.25. The van der Waals surface area contributed by atoms with Crippen LogP contribution in [0.5, 0.6) is 0 Å². The zero-order valence-electron chi connectivity index (χ0n) is 19.9. The fourth-order valence-electron chi connectivity index (χ4n) is 4.46. The monoisotopic (exact) mass is 507 g/mol. The van der Waals surface area contributed by atoms with E-state index in [0.29, 0.717) is 30.6 Å². The highest BCUT2D eigenvalue weighted by Crippen LogP contribution is 2.29. The highest BCUT2D eigenvalue weighted by molar-refractivity contribution is 5.99. The van der Waals surface area contributed by atoms with Gasteiger partial charge in [-0.25, -0.2) is 4.79 Å². The van der Waals surface area contributed by atoms with Crippen LogP contribution in [0, 0.1) is 0 Å². The lowest BCUT2D eigenvalue weighted by Gasteiger charge is -2.13. The van der Waals surface area contributed by atoms with E-state index < -0.39 is 5.97 Å². The van der Waals surface area contributed by atoms with Gasteiger partial charge in [-0.05, 0) is 71.3 Å². The van der Waals surface area contributed by atoms with Gasteiger partial charge in [-0.15, -0.1) is 0 Å². The van der Waals surface area contributed by atoms with Crippen LogP contribution in [0.1, 0.15) is 27.0 Å². The summed E-state index contributed by atoms with van der Waals surface area (Å²) in [4.78, 5) is 48.2. The Morgan fingerprint density at radius 2 is 1.24 bits per heavy atom. The van der Waals surface area contributed by atoms with Gasteiger partial charge in [0.25, 0.3) is 0 Å². The molecule has 1 aliphatic carbocycles. The molecule has 0 atom stereocenters. The topological polar surface area (TPSA) is 158 Å². The number of aromatic carboxylic acids is 1. The lowest BCUT2D eigenvalue weighted by Crippen LogP contribution is -2.08. The third kappa shape index (κ3) is 4.85. The Bertz CT molecular complexity index is 1530. The number of carbonyl (C=O) groups excluding carboxylic acids is 2. The zero-order chi connectivity index (χ0) is 26.2. The van der Waals surface area contributed by atoms with Crippen molar-refractivity contribution >= 4 is 58.3 Å². The number of Topliss-reactive ketones (excluding diaryl/α,β-unsaturated/α-hetero) is 1. The first kappa shape index (κ1) is 23.1. The minimum atomic E-state index is -1.02. The average molecular weight is 508 g/mol. The largest absolute Gasteiger partial charge is 0.478 e. The second-order valence-corrected chi connectivity index (χ2v) is 9.04. The number of carbonyl (C=O) groups is 3. The van der Waals surface area contributed by atoms with E-state index in [1.54, 1.807) is 12.1 Å². The number of fused-ring (bicyclic) bond motifs is 2. The van der Waals surface area contributed by atoms with Crippen molar-refractivity contribution in [3.63, 3.8) is 0 Å². The highest BCUT2D eigenvalue weighted by Gasteiger charge is 2.20. The lowest BCUT2D eigenvalue weighted by atomic mass is 10.1. The number of hydrogen-bond donors (Lipinski definition) is 5. The molecule has 0 fully saturated rings. The molecular weight excluding hydrogens is 486 g/mol. The van der Waals surface area contributed by atoms with Crippen LogP contribution in [-0.2, 0) is 28.9 Å². The Balaban J connectivity index is 1.30. The predicted molar refractivity (Wildman–Crippen MR) is 141 cm³/mol. The molecule has 0 saturated heterocycles. The van der Waals surface area contributed by atoms with Crippen molar-refractivity contribution in [3.8, 4) is 0 Å². The van der Waals surface area contributed by atoms with Crippen molar-refractivity contribution in [2.24, 2.45) is 0 Å². The van der Waals surface area contributed by atoms with Crippen LogP contribution in [-0.4, -0.2) is 37.7 Å². The fourth-order valence-corrected chi connectivity index (χ4v) is 4.46. The summed E-state index contributed by atoms with van der Waals surface area (Å²) in [6, 6.07) is 17.4. The Morgan fingerprint density at radius 3 is 1.89 bits per heavy atom. The van der Waals surface area contributed by atoms with Gasteiger partial charge in [0.05, 0.1) is 12.0 Å². The second kappa shape index (κ2) is 9.28. The van der Waals surface area contributed by atoms with Gasteiger partial charge in [-0.2, -0.15) is 15.0 Å². The number of aromatic nitrogens is 3. The summed E-state index contributed by atoms with van der Waals surface area (Å²) >= 11 is 0. The molecule has 1 aliphatic heterocycles. The van der Waals surface area contributed by atoms with E-state index in [-0.39, 0.29) is 35.1 Å². The molecule has 2 aliphatic rings. The molecule has 11 heteroatoms. The molecule has 4 aromatic rings. The molecule has 0 unspecified atom stereocenters. The van der Waals surface area contributed by atoms with E-state index in [1.165, 1.54) is 12.1 Å². The molecule has 2 heterocycles. The van der Waals surface area contributed by atoms with Crippen LogP contribution in [0.4, 0.5) is 40.6 Å². The van der Waals surface area contributed by atoms with Crippen LogP contribution < -0.4 is 21.3 Å². The number of rotatable bonds is 7. The molecule has 0 bridgehead atoms. The van der Waals surface area contributed by atoms with E-state index in [4.69, 9.17) is 5.11 Å². The summed E-state index contributed by atoms with van der Waals surface area (Å²) in [5.74, 6) is -0.148. The maximum absolute atomic E-state index is 11.8. The first-order valence-corrected chi connectivity index (χ1v) is 11.8. The molecule has 0 radical (unpaired) electrons. The standard InChI is InChI=1S/C27H21N7O4/c35-21-11-15-3-6-19(9-16(15)12-21)29-26-32-25(28-18-4-1-14(2-5-18)24(37)38)33-27(34-26)30-20-7-8-22-17(10-20)13-23(36)31-22/h1-10H,11-13H2,(H,31,36)(H,37,38)(H3,28,29,30,32,33,34). The van der Waals surface area contributed by atoms with E-state index in [2.05, 4.69) is 36.2 Å². The van der Waals surface area contributed by atoms with Crippen molar-refractivity contribution in [3.05, 3.63) is 82.9 Å². The van der Waals surface area contributed by atoms with Crippen LogP contribution in [0.15, 0.2) is 60.7 Å². The summed E-state index contributed by atoms with van der Waals surface area (Å²) < 4.78 is 0. The fraction of sp³-hybridized carbons (Fsp3) is 0.111. The van der Waals surface area contributed by atoms with Gasteiger partial charge in [-0.3, -0.25) is 9.59 Å². The van der Waals surface area contributed by atoms with E-state index in [1.807, 2.05) is 36.4 Å². The highest BCUT2D eigenvalue weighted by atomic mass is 16.4. The molecule has 0 spiro atoms. The molecule has 38 heavy (non-hydrogen) atoms. The van der Waals surface area contributed by atoms with E-state index in [0.717, 1.165) is 28.1 Å². The summed E-state index contributed by atoms with van der Waals surface area (Å²) in [5.41, 5.74) is 5.84. The minimum absolute atomic E-state index is 0.0553. The summed E-state index contributed by atoms with van der Waals surface area (Å²) in [7, 11) is 0. The number of benzene rings is 3. The average Bonchev–Trinajstić information content (AvgIpc) is 3.44. The number of hydrogen-bond acceptors (Lipinski definition) is 9. The van der Waals surface area contributed by atoms with Crippen LogP contribution in [0.25, 0.3) is 0 Å². The van der Waals surface area contributed by atoms with Crippen molar-refractivity contribution < 1.29 is 19.5 Å². The SMILES string of the molecule is O=C1Cc2ccc(Nc3nc(Nc4ccc(C(=O)O)cc4)nc(Nc4ccc5c(c4)CC(=O)N5)n3)cc2C1. The number of nitrogens with zero attached hydrogens (tertiary/aromatic N) is 3. The molecule has 188 valence electrons. The Morgan fingerprint density at radius 1 is 0.684 bits per heavy atom. The summed E-state index contributed by atoms with van der Waals surface area (Å²) in [6.07, 6.45) is 1.16. The molecule has 5 N–H and O–H groups in total. The molecule has 6 rings (SSSR count). The number of carboxylic acids is 1. The normalized spacial score (nSPS) is 13.5. The summed E-state index contributed by atoms with van der Waals surface area (Å²) in [5, 5.41) is 21.4. The van der Waals surface area contributed by atoms with Gasteiger partial charge in [0, 0.05) is 35.6 Å². The van der Waals surface area contributed by atoms with Crippen LogP contribution in [0.2, 0.25) is 0 Å². The van der Waals surface area contributed by atoms with Gasteiger partial charge < -0.3 is 26.4 Å². The number of carboxylic acid groups (broad SMARTS) is 1. The van der Waals surface area contributed by atoms with Crippen molar-refractivity contribution in [1.82, 2.24) is 15.0 Å². The summed E-state index contributed by atoms with van der Waals surface area (Å²) in [6.45, 7) is 0. The van der Waals surface area contributed by atoms with Gasteiger partial charge in [0.15, 0.2) is 0 Å². The number of nitrogens with one attached hydrogen (secondary N) is 4. The Hall–Kier alpha value is -5.32. The van der Waals surface area contributed by atoms with E-state index >= 15 is 0 Å². The van der Waals surface area contributed by atoms with Gasteiger partial charge in [0.2, 0.25) is 23.8 Å². The third-order valence-corrected chi connectivity index (χ3v) is 6.25. The quantitative estimate of drug-likeness (QED) is 0.248. The predicted octanol–water partition coefficient (Wildman–Crippen LogP) is 3.96. The first-order valence-electron chi connectivity index (χ1n) is 11.8. The number of ketones is 1. The van der Waals surface area contributed by atoms with Crippen LogP contribution >= 0.6 is 0 Å². The zero-order valence-corrected chi connectivity index (χ0v) is 19.9. The molecule has 1 amide bonds. The van der Waals surface area contributed by atoms with E-state index in [9.17, 15) is 14.4 Å². The molecule has 11 nitrogen and oxygen atoms in total. The minimum Gasteiger partial charge on any atom is -0.478 e. The maximum Gasteiger partial charge on any atom is 0.335 e. The molecule has 3 aromatic carbocycles. The van der Waals surface area contributed by atoms with Gasteiger partial charge in [-0.1, -0.05) is 6.07 Å². The first-order chi connectivity index (χ1) is 18.4. The second-order valence-electron chi connectivity index (χ2n) is 9.04. The maximum atomic E-state index is 11.8. The molecule has 0 saturated carbocycles. The van der Waals surface area contributed by atoms with Crippen molar-refractivity contribution in [1.29, 1.82) is 0 Å². The molecule has 1 aromatic heterocycles. The Labute approximate surface area is 216 Å². The lowest BCUT2D eigenvalue weighted by molar-refractivity contribution is -0.117. The molecular formula is C27H21N7O4. The van der Waals surface area contributed by atoms with Gasteiger partial charge >= 0.3 is 5.97 Å². The van der Waals surface area contributed by atoms with Gasteiger partial charge in [0.1, 0.15) is 5.78 Å². The van der Waals surface area contributed by atoms with Crippen molar-refractivity contribution in [2.75, 3.05) is 21.3 Å².